The largest absolute Gasteiger partial charge is 0.477 e. The summed E-state index contributed by atoms with van der Waals surface area (Å²) >= 11 is 1.11. The van der Waals surface area contributed by atoms with Gasteiger partial charge in [-0.1, -0.05) is 29.7 Å². The van der Waals surface area contributed by atoms with E-state index in [-0.39, 0.29) is 22.4 Å². The van der Waals surface area contributed by atoms with Crippen LogP contribution in [0.1, 0.15) is 52.9 Å². The summed E-state index contributed by atoms with van der Waals surface area (Å²) in [4.78, 5) is 36.6. The van der Waals surface area contributed by atoms with Crippen molar-refractivity contribution in [2.24, 2.45) is 5.41 Å². The summed E-state index contributed by atoms with van der Waals surface area (Å²) in [5, 5.41) is 12.4. The molecule has 0 aromatic carbocycles. The van der Waals surface area contributed by atoms with Crippen LogP contribution in [0.2, 0.25) is 0 Å². The molecule has 0 aromatic heterocycles. The Hall–Kier alpha value is -2.20. The quantitative estimate of drug-likeness (QED) is 0.538. The smallest absolute Gasteiger partial charge is 0.344 e. The molecule has 0 radical (unpaired) electrons. The Balaban J connectivity index is 2.18. The maximum Gasteiger partial charge on any atom is 0.344 e. The fourth-order valence-corrected chi connectivity index (χ4v) is 4.08. The van der Waals surface area contributed by atoms with Gasteiger partial charge in [-0.05, 0) is 46.5 Å². The molecule has 1 aliphatic heterocycles. The van der Waals surface area contributed by atoms with E-state index in [4.69, 9.17) is 0 Å². The number of carboxylic acids is 1. The number of allylic oxidation sites excluding steroid dienone is 2. The number of carbonyl (C=O) groups is 3. The number of rotatable bonds is 6. The summed E-state index contributed by atoms with van der Waals surface area (Å²) in [6.07, 6.45) is 6.70. The number of amides is 2. The number of carboxylic acid groups (broad SMARTS) is 1. The Bertz CT molecular complexity index is 716. The number of nitrogens with one attached hydrogen (secondary N) is 1. The minimum Gasteiger partial charge on any atom is -0.477 e. The zero-order chi connectivity index (χ0) is 20.0. The third kappa shape index (κ3) is 5.90. The second-order valence-corrected chi connectivity index (χ2v) is 8.81. The van der Waals surface area contributed by atoms with Crippen LogP contribution in [0.15, 0.2) is 21.6 Å². The molecular formula is C20H26N2O4S. The van der Waals surface area contributed by atoms with E-state index in [1.807, 2.05) is 26.8 Å². The molecule has 2 aliphatic rings. The highest BCUT2D eigenvalue weighted by molar-refractivity contribution is 8.07. The van der Waals surface area contributed by atoms with Crippen LogP contribution in [0.4, 0.5) is 0 Å². The molecule has 0 saturated heterocycles. The van der Waals surface area contributed by atoms with Gasteiger partial charge in [0, 0.05) is 29.6 Å². The first-order valence-electron chi connectivity index (χ1n) is 9.06. The molecule has 0 spiro atoms. The number of aliphatic carboxylic acids is 1. The van der Waals surface area contributed by atoms with Crippen LogP contribution in [-0.4, -0.2) is 40.9 Å². The first kappa shape index (κ1) is 21.1. The standard InChI is InChI=1S/C20H26N2O4S/c1-20(2,3)11-10-16-8-9-17(18(27-16)19(25)26)22(13-24)15-6-4-14(5-7-15)21-12-23/h8,12-15H,4-7,9H2,1-3H3,(H,21,23)(H,25,26). The van der Waals surface area contributed by atoms with Crippen molar-refractivity contribution in [1.82, 2.24) is 10.2 Å². The van der Waals surface area contributed by atoms with Crippen molar-refractivity contribution in [2.75, 3.05) is 0 Å². The fourth-order valence-electron chi connectivity index (χ4n) is 3.19. The molecule has 0 aromatic rings. The summed E-state index contributed by atoms with van der Waals surface area (Å²) in [7, 11) is 0. The third-order valence-electron chi connectivity index (χ3n) is 4.53. The third-order valence-corrected chi connectivity index (χ3v) is 5.63. The van der Waals surface area contributed by atoms with Gasteiger partial charge >= 0.3 is 5.97 Å². The molecule has 1 fully saturated rings. The molecule has 7 heteroatoms. The molecule has 2 amide bonds. The number of nitrogens with zero attached hydrogens (tertiary/aromatic N) is 1. The molecular weight excluding hydrogens is 364 g/mol. The molecule has 1 aliphatic carbocycles. The second-order valence-electron chi connectivity index (χ2n) is 7.76. The number of hydrogen-bond acceptors (Lipinski definition) is 4. The Morgan fingerprint density at radius 2 is 1.96 bits per heavy atom. The van der Waals surface area contributed by atoms with E-state index in [0.717, 1.165) is 43.9 Å². The lowest BCUT2D eigenvalue weighted by Crippen LogP contribution is -2.42. The lowest BCUT2D eigenvalue weighted by atomic mass is 9.90. The van der Waals surface area contributed by atoms with Gasteiger partial charge in [-0.2, -0.15) is 0 Å². The second kappa shape index (κ2) is 9.14. The summed E-state index contributed by atoms with van der Waals surface area (Å²) in [5.74, 6) is 5.13. The van der Waals surface area contributed by atoms with Crippen molar-refractivity contribution in [3.8, 4) is 11.8 Å². The monoisotopic (exact) mass is 390 g/mol. The van der Waals surface area contributed by atoms with Crippen LogP contribution < -0.4 is 5.32 Å². The number of hydrogen-bond donors (Lipinski definition) is 2. The molecule has 0 atom stereocenters. The highest BCUT2D eigenvalue weighted by Gasteiger charge is 2.31. The minimum absolute atomic E-state index is 0.0484. The highest BCUT2D eigenvalue weighted by Crippen LogP contribution is 2.38. The molecule has 0 bridgehead atoms. The van der Waals surface area contributed by atoms with Crippen molar-refractivity contribution in [2.45, 2.75) is 65.0 Å². The van der Waals surface area contributed by atoms with Gasteiger partial charge in [0.2, 0.25) is 12.8 Å². The lowest BCUT2D eigenvalue weighted by molar-refractivity contribution is -0.132. The van der Waals surface area contributed by atoms with Crippen molar-refractivity contribution < 1.29 is 19.5 Å². The topological polar surface area (TPSA) is 86.7 Å². The first-order valence-corrected chi connectivity index (χ1v) is 9.87. The number of carbonyl (C=O) groups excluding carboxylic acids is 2. The van der Waals surface area contributed by atoms with Gasteiger partial charge in [0.15, 0.2) is 0 Å². The summed E-state index contributed by atoms with van der Waals surface area (Å²) in [6, 6.07) is 0.0767. The predicted octanol–water partition coefficient (Wildman–Crippen LogP) is 2.87. The molecule has 0 unspecified atom stereocenters. The normalized spacial score (nSPS) is 22.9. The zero-order valence-corrected chi connectivity index (χ0v) is 16.8. The van der Waals surface area contributed by atoms with Crippen LogP contribution >= 0.6 is 11.8 Å². The van der Waals surface area contributed by atoms with E-state index >= 15 is 0 Å². The van der Waals surface area contributed by atoms with Crippen LogP contribution in [0.25, 0.3) is 0 Å². The molecule has 6 nitrogen and oxygen atoms in total. The summed E-state index contributed by atoms with van der Waals surface area (Å²) < 4.78 is 0. The first-order chi connectivity index (χ1) is 12.7. The summed E-state index contributed by atoms with van der Waals surface area (Å²) in [6.45, 7) is 5.99. The van der Waals surface area contributed by atoms with E-state index in [1.54, 1.807) is 4.90 Å². The van der Waals surface area contributed by atoms with Gasteiger partial charge in [0.05, 0.1) is 4.91 Å². The van der Waals surface area contributed by atoms with Crippen LogP contribution in [0.3, 0.4) is 0 Å². The average molecular weight is 391 g/mol. The molecule has 146 valence electrons. The van der Waals surface area contributed by atoms with Gasteiger partial charge in [-0.15, -0.1) is 0 Å². The molecule has 2 N–H and O–H groups in total. The maximum atomic E-state index is 11.8. The van der Waals surface area contributed by atoms with E-state index in [1.165, 1.54) is 0 Å². The van der Waals surface area contributed by atoms with Crippen molar-refractivity contribution in [3.05, 3.63) is 21.6 Å². The van der Waals surface area contributed by atoms with Crippen molar-refractivity contribution in [1.29, 1.82) is 0 Å². The lowest BCUT2D eigenvalue weighted by Gasteiger charge is -2.36. The van der Waals surface area contributed by atoms with Crippen LogP contribution in [0, 0.1) is 17.3 Å². The molecule has 1 heterocycles. The van der Waals surface area contributed by atoms with Gasteiger partial charge in [-0.3, -0.25) is 9.59 Å². The Labute approximate surface area is 164 Å². The predicted molar refractivity (Wildman–Crippen MR) is 105 cm³/mol. The van der Waals surface area contributed by atoms with Gasteiger partial charge in [0.1, 0.15) is 4.91 Å². The van der Waals surface area contributed by atoms with Crippen molar-refractivity contribution >= 4 is 30.6 Å². The fraction of sp³-hybridized carbons (Fsp3) is 0.550. The average Bonchev–Trinajstić information content (AvgIpc) is 2.62. The Morgan fingerprint density at radius 3 is 2.48 bits per heavy atom. The van der Waals surface area contributed by atoms with Gasteiger partial charge < -0.3 is 15.3 Å². The Morgan fingerprint density at radius 1 is 1.30 bits per heavy atom. The molecule has 1 saturated carbocycles. The summed E-state index contributed by atoms with van der Waals surface area (Å²) in [5.41, 5.74) is 0.355. The van der Waals surface area contributed by atoms with E-state index in [0.29, 0.717) is 23.4 Å². The molecule has 2 rings (SSSR count). The van der Waals surface area contributed by atoms with E-state index in [9.17, 15) is 19.5 Å². The SMILES string of the molecule is CC(C)(C)C#CC1=CCC(N(C=O)C2CCC(NC=O)CC2)=C(C(=O)O)S1. The van der Waals surface area contributed by atoms with E-state index < -0.39 is 5.97 Å². The maximum absolute atomic E-state index is 11.8. The number of thioether (sulfide) groups is 1. The minimum atomic E-state index is -1.04. The molecule has 27 heavy (non-hydrogen) atoms. The Kier molecular flexibility index (Phi) is 7.14. The van der Waals surface area contributed by atoms with Crippen molar-refractivity contribution in [3.63, 3.8) is 0 Å². The van der Waals surface area contributed by atoms with Gasteiger partial charge in [-0.25, -0.2) is 4.79 Å². The highest BCUT2D eigenvalue weighted by atomic mass is 32.2. The zero-order valence-electron chi connectivity index (χ0n) is 15.9. The van der Waals surface area contributed by atoms with Crippen LogP contribution in [-0.2, 0) is 14.4 Å². The van der Waals surface area contributed by atoms with E-state index in [2.05, 4.69) is 17.2 Å². The van der Waals surface area contributed by atoms with Crippen LogP contribution in [0.5, 0.6) is 0 Å². The van der Waals surface area contributed by atoms with Gasteiger partial charge in [0.25, 0.3) is 0 Å².